The normalized spacial score (nSPS) is 10.1. The van der Waals surface area contributed by atoms with Crippen LogP contribution in [-0.4, -0.2) is 13.0 Å². The van der Waals surface area contributed by atoms with E-state index in [4.69, 9.17) is 4.74 Å². The van der Waals surface area contributed by atoms with Crippen LogP contribution in [0.4, 0.5) is 4.39 Å². The molecule has 0 spiro atoms. The minimum atomic E-state index is -0.378. The first-order valence-electron chi connectivity index (χ1n) is 6.32. The van der Waals surface area contributed by atoms with Crippen LogP contribution in [0.2, 0.25) is 0 Å². The van der Waals surface area contributed by atoms with Gasteiger partial charge in [-0.1, -0.05) is 30.3 Å². The number of halogens is 1. The molecule has 2 aromatic carbocycles. The van der Waals surface area contributed by atoms with E-state index in [9.17, 15) is 9.18 Å². The monoisotopic (exact) mass is 273 g/mol. The van der Waals surface area contributed by atoms with Gasteiger partial charge in [0.1, 0.15) is 11.6 Å². The van der Waals surface area contributed by atoms with Crippen LogP contribution in [0, 0.1) is 5.82 Å². The Morgan fingerprint density at radius 3 is 2.65 bits per heavy atom. The number of hydrogen-bond acceptors (Lipinski definition) is 2. The van der Waals surface area contributed by atoms with Crippen molar-refractivity contribution in [3.05, 3.63) is 65.5 Å². The topological polar surface area (TPSA) is 38.3 Å². The molecule has 0 unspecified atom stereocenters. The highest BCUT2D eigenvalue weighted by Gasteiger charge is 2.09. The van der Waals surface area contributed by atoms with Crippen LogP contribution in [0.1, 0.15) is 11.1 Å². The van der Waals surface area contributed by atoms with Gasteiger partial charge < -0.3 is 10.1 Å². The molecule has 0 fully saturated rings. The molecule has 0 saturated carbocycles. The Morgan fingerprint density at radius 2 is 1.95 bits per heavy atom. The molecule has 3 nitrogen and oxygen atoms in total. The number of methoxy groups -OCH3 is 1. The molecule has 0 atom stereocenters. The molecule has 0 saturated heterocycles. The molecular weight excluding hydrogens is 257 g/mol. The number of nitrogens with one attached hydrogen (secondary N) is 1. The molecule has 0 aromatic heterocycles. The van der Waals surface area contributed by atoms with E-state index in [1.807, 2.05) is 30.3 Å². The van der Waals surface area contributed by atoms with Gasteiger partial charge in [0.2, 0.25) is 5.91 Å². The summed E-state index contributed by atoms with van der Waals surface area (Å²) in [6, 6.07) is 13.8. The predicted molar refractivity (Wildman–Crippen MR) is 74.9 cm³/mol. The summed E-state index contributed by atoms with van der Waals surface area (Å²) >= 11 is 0. The second-order valence-electron chi connectivity index (χ2n) is 4.40. The molecule has 20 heavy (non-hydrogen) atoms. The second kappa shape index (κ2) is 6.70. The van der Waals surface area contributed by atoms with E-state index in [2.05, 4.69) is 5.32 Å². The zero-order valence-corrected chi connectivity index (χ0v) is 11.2. The summed E-state index contributed by atoms with van der Waals surface area (Å²) in [5.74, 6) is -0.0318. The molecule has 0 aliphatic rings. The molecule has 4 heteroatoms. The fraction of sp³-hybridized carbons (Fsp3) is 0.188. The van der Waals surface area contributed by atoms with Gasteiger partial charge in [-0.05, 0) is 23.8 Å². The lowest BCUT2D eigenvalue weighted by Gasteiger charge is -2.09. The smallest absolute Gasteiger partial charge is 0.224 e. The molecule has 0 heterocycles. The van der Waals surface area contributed by atoms with Crippen LogP contribution in [0.3, 0.4) is 0 Å². The summed E-state index contributed by atoms with van der Waals surface area (Å²) in [7, 11) is 1.50. The highest BCUT2D eigenvalue weighted by molar-refractivity contribution is 5.79. The number of rotatable bonds is 5. The summed E-state index contributed by atoms with van der Waals surface area (Å²) in [6.07, 6.45) is 0.0910. The fourth-order valence-corrected chi connectivity index (χ4v) is 1.92. The Hall–Kier alpha value is -2.36. The van der Waals surface area contributed by atoms with Crippen molar-refractivity contribution in [1.82, 2.24) is 5.32 Å². The van der Waals surface area contributed by atoms with Crippen molar-refractivity contribution < 1.29 is 13.9 Å². The minimum Gasteiger partial charge on any atom is -0.496 e. The molecule has 0 bridgehead atoms. The molecule has 1 amide bonds. The van der Waals surface area contributed by atoms with Crippen LogP contribution >= 0.6 is 0 Å². The number of hydrogen-bond donors (Lipinski definition) is 1. The summed E-state index contributed by atoms with van der Waals surface area (Å²) in [5.41, 5.74) is 1.56. The van der Waals surface area contributed by atoms with E-state index in [-0.39, 0.29) is 18.1 Å². The molecule has 0 aliphatic heterocycles. The van der Waals surface area contributed by atoms with Gasteiger partial charge in [0, 0.05) is 12.1 Å². The SMILES string of the molecule is COc1ccc(F)cc1CC(=O)NCc1ccccc1. The number of benzene rings is 2. The number of carbonyl (C=O) groups excluding carboxylic acids is 1. The van der Waals surface area contributed by atoms with Crippen LogP contribution < -0.4 is 10.1 Å². The van der Waals surface area contributed by atoms with Gasteiger partial charge in [0.05, 0.1) is 13.5 Å². The lowest BCUT2D eigenvalue weighted by molar-refractivity contribution is -0.120. The third kappa shape index (κ3) is 3.82. The van der Waals surface area contributed by atoms with E-state index in [0.717, 1.165) is 5.56 Å². The highest BCUT2D eigenvalue weighted by Crippen LogP contribution is 2.19. The van der Waals surface area contributed by atoms with Crippen LogP contribution in [-0.2, 0) is 17.8 Å². The van der Waals surface area contributed by atoms with Crippen molar-refractivity contribution in [3.63, 3.8) is 0 Å². The van der Waals surface area contributed by atoms with Gasteiger partial charge in [-0.15, -0.1) is 0 Å². The van der Waals surface area contributed by atoms with E-state index < -0.39 is 0 Å². The van der Waals surface area contributed by atoms with E-state index in [1.165, 1.54) is 25.3 Å². The lowest BCUT2D eigenvalue weighted by atomic mass is 10.1. The standard InChI is InChI=1S/C16H16FNO2/c1-20-15-8-7-14(17)9-13(15)10-16(19)18-11-12-5-3-2-4-6-12/h2-9H,10-11H2,1H3,(H,18,19). The average molecular weight is 273 g/mol. The van der Waals surface area contributed by atoms with E-state index >= 15 is 0 Å². The predicted octanol–water partition coefficient (Wildman–Crippen LogP) is 2.69. The zero-order valence-electron chi connectivity index (χ0n) is 11.2. The Bertz CT molecular complexity index is 584. The zero-order chi connectivity index (χ0) is 14.4. The molecular formula is C16H16FNO2. The first-order chi connectivity index (χ1) is 9.69. The van der Waals surface area contributed by atoms with Crippen LogP contribution in [0.25, 0.3) is 0 Å². The lowest BCUT2D eigenvalue weighted by Crippen LogP contribution is -2.24. The third-order valence-electron chi connectivity index (χ3n) is 2.93. The van der Waals surface area contributed by atoms with Gasteiger partial charge in [-0.3, -0.25) is 4.79 Å². The van der Waals surface area contributed by atoms with Crippen molar-refractivity contribution in [1.29, 1.82) is 0 Å². The maximum atomic E-state index is 13.2. The molecule has 2 rings (SSSR count). The maximum Gasteiger partial charge on any atom is 0.224 e. The van der Waals surface area contributed by atoms with Gasteiger partial charge in [-0.2, -0.15) is 0 Å². The van der Waals surface area contributed by atoms with Gasteiger partial charge >= 0.3 is 0 Å². The summed E-state index contributed by atoms with van der Waals surface area (Å²) < 4.78 is 18.3. The van der Waals surface area contributed by atoms with Gasteiger partial charge in [0.25, 0.3) is 0 Å². The Balaban J connectivity index is 1.96. The highest BCUT2D eigenvalue weighted by atomic mass is 19.1. The Labute approximate surface area is 117 Å². The molecule has 1 N–H and O–H groups in total. The minimum absolute atomic E-state index is 0.0910. The van der Waals surface area contributed by atoms with Crippen LogP contribution in [0.5, 0.6) is 5.75 Å². The van der Waals surface area contributed by atoms with Gasteiger partial charge in [-0.25, -0.2) is 4.39 Å². The molecule has 2 aromatic rings. The third-order valence-corrected chi connectivity index (χ3v) is 2.93. The summed E-state index contributed by atoms with van der Waals surface area (Å²) in [5, 5.41) is 2.80. The van der Waals surface area contributed by atoms with Crippen molar-refractivity contribution in [2.45, 2.75) is 13.0 Å². The average Bonchev–Trinajstić information content (AvgIpc) is 2.46. The van der Waals surface area contributed by atoms with Crippen LogP contribution in [0.15, 0.2) is 48.5 Å². The van der Waals surface area contributed by atoms with E-state index in [0.29, 0.717) is 17.9 Å². The number of amides is 1. The summed E-state index contributed by atoms with van der Waals surface area (Å²) in [6.45, 7) is 0.456. The molecule has 0 aliphatic carbocycles. The molecule has 0 radical (unpaired) electrons. The first kappa shape index (κ1) is 14.1. The maximum absolute atomic E-state index is 13.2. The van der Waals surface area contributed by atoms with Crippen molar-refractivity contribution >= 4 is 5.91 Å². The fourth-order valence-electron chi connectivity index (χ4n) is 1.92. The summed E-state index contributed by atoms with van der Waals surface area (Å²) in [4.78, 5) is 11.9. The van der Waals surface area contributed by atoms with Crippen molar-refractivity contribution in [2.24, 2.45) is 0 Å². The first-order valence-corrected chi connectivity index (χ1v) is 6.32. The number of ether oxygens (including phenoxy) is 1. The Kier molecular flexibility index (Phi) is 4.71. The molecule has 104 valence electrons. The van der Waals surface area contributed by atoms with Gasteiger partial charge in [0.15, 0.2) is 0 Å². The van der Waals surface area contributed by atoms with Crippen molar-refractivity contribution in [3.8, 4) is 5.75 Å². The van der Waals surface area contributed by atoms with E-state index in [1.54, 1.807) is 0 Å². The second-order valence-corrected chi connectivity index (χ2v) is 4.40. The quantitative estimate of drug-likeness (QED) is 0.909. The van der Waals surface area contributed by atoms with Crippen molar-refractivity contribution in [2.75, 3.05) is 7.11 Å². The Morgan fingerprint density at radius 1 is 1.20 bits per heavy atom. The number of carbonyl (C=O) groups is 1. The largest absolute Gasteiger partial charge is 0.496 e.